The second-order valence-electron chi connectivity index (χ2n) is 6.78. The van der Waals surface area contributed by atoms with Crippen molar-refractivity contribution in [3.8, 4) is 0 Å². The summed E-state index contributed by atoms with van der Waals surface area (Å²) >= 11 is 0. The summed E-state index contributed by atoms with van der Waals surface area (Å²) in [5.41, 5.74) is 0. The lowest BCUT2D eigenvalue weighted by molar-refractivity contribution is -0.125. The van der Waals surface area contributed by atoms with Crippen molar-refractivity contribution in [1.82, 2.24) is 20.9 Å². The summed E-state index contributed by atoms with van der Waals surface area (Å²) in [6.45, 7) is 7.14. The maximum absolute atomic E-state index is 12.0. The second-order valence-corrected chi connectivity index (χ2v) is 6.78. The fourth-order valence-electron chi connectivity index (χ4n) is 2.86. The highest BCUT2D eigenvalue weighted by Crippen LogP contribution is 2.03. The number of carbonyl (C=O) groups excluding carboxylic acids is 4. The first-order valence-corrected chi connectivity index (χ1v) is 8.55. The van der Waals surface area contributed by atoms with Crippen LogP contribution < -0.4 is 16.0 Å². The van der Waals surface area contributed by atoms with Gasteiger partial charge in [0.15, 0.2) is 0 Å². The van der Waals surface area contributed by atoms with Crippen LogP contribution in [-0.2, 0) is 19.2 Å². The Bertz CT molecular complexity index is 523. The van der Waals surface area contributed by atoms with Crippen LogP contribution in [0.15, 0.2) is 0 Å². The molecule has 4 unspecified atom stereocenters. The first kappa shape index (κ1) is 21.6. The minimum atomic E-state index is -0.487. The van der Waals surface area contributed by atoms with E-state index in [4.69, 9.17) is 0 Å². The number of rotatable bonds is 4. The predicted molar refractivity (Wildman–Crippen MR) is 94.5 cm³/mol. The molecule has 0 aromatic heterocycles. The number of carbonyl (C=O) groups is 4. The quantitative estimate of drug-likeness (QED) is 0.562. The lowest BCUT2D eigenvalue weighted by Gasteiger charge is -2.32. The number of hydrogen-bond donors (Lipinski definition) is 3. The molecule has 1 aliphatic rings. The van der Waals surface area contributed by atoms with Gasteiger partial charge in [-0.1, -0.05) is 0 Å². The molecule has 0 aliphatic carbocycles. The normalized spacial score (nSPS) is 30.0. The van der Waals surface area contributed by atoms with Crippen LogP contribution in [0.3, 0.4) is 0 Å². The van der Waals surface area contributed by atoms with Crippen molar-refractivity contribution < 1.29 is 19.2 Å². The van der Waals surface area contributed by atoms with Gasteiger partial charge in [-0.3, -0.25) is 24.1 Å². The summed E-state index contributed by atoms with van der Waals surface area (Å²) in [5, 5.41) is 9.30. The third-order valence-electron chi connectivity index (χ3n) is 4.64. The molecule has 3 N–H and O–H groups in total. The molecule has 0 aromatic rings. The summed E-state index contributed by atoms with van der Waals surface area (Å²) in [6.07, 6.45) is 0. The van der Waals surface area contributed by atoms with Gasteiger partial charge in [-0.05, 0) is 34.7 Å². The zero-order valence-corrected chi connectivity index (χ0v) is 15.7. The highest BCUT2D eigenvalue weighted by molar-refractivity contribution is 5.85. The molecule has 1 aliphatic heterocycles. The van der Waals surface area contributed by atoms with Gasteiger partial charge in [0.25, 0.3) is 0 Å². The number of nitrogens with zero attached hydrogens (tertiary/aromatic N) is 1. The molecule has 142 valence electrons. The zero-order chi connectivity index (χ0) is 19.1. The third-order valence-corrected chi connectivity index (χ3v) is 4.64. The topological polar surface area (TPSA) is 108 Å². The van der Waals surface area contributed by atoms with Crippen molar-refractivity contribution in [2.45, 2.75) is 51.9 Å². The molecule has 25 heavy (non-hydrogen) atoms. The van der Waals surface area contributed by atoms with E-state index in [2.05, 4.69) is 16.0 Å². The maximum Gasteiger partial charge on any atom is 0.148 e. The molecule has 0 saturated carbocycles. The van der Waals surface area contributed by atoms with Gasteiger partial charge in [-0.25, -0.2) is 0 Å². The lowest BCUT2D eigenvalue weighted by atomic mass is 10.1. The van der Waals surface area contributed by atoms with Crippen molar-refractivity contribution in [3.63, 3.8) is 0 Å². The highest BCUT2D eigenvalue weighted by atomic mass is 16.1. The fourth-order valence-corrected chi connectivity index (χ4v) is 2.86. The fraction of sp³-hybridized carbons (Fsp3) is 0.765. The van der Waals surface area contributed by atoms with E-state index in [1.54, 1.807) is 7.05 Å². The van der Waals surface area contributed by atoms with Crippen molar-refractivity contribution in [1.29, 1.82) is 0 Å². The molecular formula is C17H30N4O4. The van der Waals surface area contributed by atoms with E-state index < -0.39 is 24.2 Å². The number of hydrogen-bond acceptors (Lipinski definition) is 8. The zero-order valence-electron chi connectivity index (χ0n) is 15.7. The number of ketones is 4. The van der Waals surface area contributed by atoms with E-state index in [9.17, 15) is 19.2 Å². The van der Waals surface area contributed by atoms with Crippen LogP contribution >= 0.6 is 0 Å². The SMILES string of the molecule is CC(=O)C1CNC(C(C)=O)CN(C)C(C(C)=O)CNC(C(C)=O)CN1. The lowest BCUT2D eigenvalue weighted by Crippen LogP contribution is -2.59. The van der Waals surface area contributed by atoms with Crippen LogP contribution in [0.1, 0.15) is 27.7 Å². The Morgan fingerprint density at radius 3 is 1.48 bits per heavy atom. The Morgan fingerprint density at radius 1 is 0.680 bits per heavy atom. The minimum Gasteiger partial charge on any atom is -0.304 e. The van der Waals surface area contributed by atoms with Crippen LogP contribution in [-0.4, -0.2) is 85.4 Å². The maximum atomic E-state index is 12.0. The third kappa shape index (κ3) is 6.74. The second kappa shape index (κ2) is 9.86. The van der Waals surface area contributed by atoms with Crippen molar-refractivity contribution >= 4 is 23.1 Å². The molecule has 1 saturated heterocycles. The van der Waals surface area contributed by atoms with Crippen LogP contribution in [0.4, 0.5) is 0 Å². The van der Waals surface area contributed by atoms with E-state index in [1.165, 1.54) is 27.7 Å². The summed E-state index contributed by atoms with van der Waals surface area (Å²) in [7, 11) is 1.78. The molecule has 1 heterocycles. The molecule has 1 fully saturated rings. The smallest absolute Gasteiger partial charge is 0.148 e. The Morgan fingerprint density at radius 2 is 1.08 bits per heavy atom. The van der Waals surface area contributed by atoms with E-state index in [-0.39, 0.29) is 36.2 Å². The van der Waals surface area contributed by atoms with Gasteiger partial charge >= 0.3 is 0 Å². The van der Waals surface area contributed by atoms with E-state index in [1.807, 2.05) is 4.90 Å². The molecule has 0 spiro atoms. The molecule has 8 nitrogen and oxygen atoms in total. The van der Waals surface area contributed by atoms with Crippen LogP contribution in [0.2, 0.25) is 0 Å². The van der Waals surface area contributed by atoms with Gasteiger partial charge in [0, 0.05) is 26.2 Å². The number of Topliss-reactive ketones (excluding diaryl/α,β-unsaturated/α-hetero) is 4. The van der Waals surface area contributed by atoms with Crippen LogP contribution in [0.25, 0.3) is 0 Å². The average Bonchev–Trinajstić information content (AvgIpc) is 2.48. The molecule has 1 rings (SSSR count). The Labute approximate surface area is 149 Å². The van der Waals surface area contributed by atoms with Gasteiger partial charge in [0.1, 0.15) is 23.1 Å². The molecule has 8 heteroatoms. The van der Waals surface area contributed by atoms with Crippen molar-refractivity contribution in [2.75, 3.05) is 33.2 Å². The van der Waals surface area contributed by atoms with Gasteiger partial charge in [-0.2, -0.15) is 0 Å². The minimum absolute atomic E-state index is 0.0359. The molecular weight excluding hydrogens is 324 g/mol. The Hall–Kier alpha value is -1.48. The van der Waals surface area contributed by atoms with E-state index in [0.717, 1.165) is 0 Å². The average molecular weight is 354 g/mol. The summed E-state index contributed by atoms with van der Waals surface area (Å²) in [4.78, 5) is 49.4. The highest BCUT2D eigenvalue weighted by Gasteiger charge is 2.28. The first-order chi connectivity index (χ1) is 11.6. The van der Waals surface area contributed by atoms with Gasteiger partial charge < -0.3 is 16.0 Å². The molecule has 0 radical (unpaired) electrons. The molecule has 0 amide bonds. The summed E-state index contributed by atoms with van der Waals surface area (Å²) < 4.78 is 0. The monoisotopic (exact) mass is 354 g/mol. The largest absolute Gasteiger partial charge is 0.304 e. The molecule has 0 aromatic carbocycles. The van der Waals surface area contributed by atoms with E-state index >= 15 is 0 Å². The standard InChI is InChI=1S/C17H30N4O4/c1-10(22)14-7-19-16(12(3)24)9-21(5)17(13(4)25)8-20-15(6-18-14)11(2)23/h14-20H,6-9H2,1-5H3. The van der Waals surface area contributed by atoms with Crippen molar-refractivity contribution in [2.24, 2.45) is 0 Å². The summed E-state index contributed by atoms with van der Waals surface area (Å²) in [6, 6.07) is -1.88. The number of nitrogens with one attached hydrogen (secondary N) is 3. The Balaban J connectivity index is 3.03. The predicted octanol–water partition coefficient (Wildman–Crippen LogP) is -1.47. The summed E-state index contributed by atoms with van der Waals surface area (Å²) in [5.74, 6) is -0.218. The van der Waals surface area contributed by atoms with Crippen LogP contribution in [0.5, 0.6) is 0 Å². The van der Waals surface area contributed by atoms with Gasteiger partial charge in [-0.15, -0.1) is 0 Å². The van der Waals surface area contributed by atoms with Gasteiger partial charge in [0.05, 0.1) is 24.2 Å². The van der Waals surface area contributed by atoms with Crippen molar-refractivity contribution in [3.05, 3.63) is 0 Å². The van der Waals surface area contributed by atoms with Crippen LogP contribution in [0, 0.1) is 0 Å². The number of likely N-dealkylation sites (N-methyl/N-ethyl adjacent to an activating group) is 1. The molecule has 4 atom stereocenters. The van der Waals surface area contributed by atoms with Gasteiger partial charge in [0.2, 0.25) is 0 Å². The Kier molecular flexibility index (Phi) is 8.51. The van der Waals surface area contributed by atoms with E-state index in [0.29, 0.717) is 13.1 Å². The first-order valence-electron chi connectivity index (χ1n) is 8.55. The molecule has 0 bridgehead atoms.